The highest BCUT2D eigenvalue weighted by Gasteiger charge is 2.36. The third-order valence-corrected chi connectivity index (χ3v) is 6.01. The van der Waals surface area contributed by atoms with Crippen LogP contribution < -0.4 is 4.74 Å². The van der Waals surface area contributed by atoms with Gasteiger partial charge in [0, 0.05) is 18.0 Å². The summed E-state index contributed by atoms with van der Waals surface area (Å²) in [6, 6.07) is 12.4. The second-order valence-corrected chi connectivity index (χ2v) is 7.93. The summed E-state index contributed by atoms with van der Waals surface area (Å²) in [7, 11) is 1.56. The van der Waals surface area contributed by atoms with Crippen molar-refractivity contribution >= 4 is 33.4 Å². The molecule has 0 spiro atoms. The molecule has 166 valence electrons. The summed E-state index contributed by atoms with van der Waals surface area (Å²) >= 11 is 1.34. The van der Waals surface area contributed by atoms with Crippen LogP contribution in [0.2, 0.25) is 0 Å². The van der Waals surface area contributed by atoms with Crippen molar-refractivity contribution in [2.24, 2.45) is 0 Å². The molecule has 9 nitrogen and oxygen atoms in total. The van der Waals surface area contributed by atoms with Crippen LogP contribution in [0.3, 0.4) is 0 Å². The van der Waals surface area contributed by atoms with Gasteiger partial charge in [0.05, 0.1) is 41.6 Å². The van der Waals surface area contributed by atoms with Crippen molar-refractivity contribution in [3.8, 4) is 17.0 Å². The van der Waals surface area contributed by atoms with Crippen LogP contribution in [0.4, 0.5) is 0 Å². The number of esters is 1. The Labute approximate surface area is 192 Å². The molecule has 0 radical (unpaired) electrons. The van der Waals surface area contributed by atoms with E-state index in [1.54, 1.807) is 43.0 Å². The molecule has 0 saturated carbocycles. The summed E-state index contributed by atoms with van der Waals surface area (Å²) in [5, 5.41) is 0. The molecule has 0 N–H and O–H groups in total. The highest BCUT2D eigenvalue weighted by molar-refractivity contribution is 7.17. The number of carbonyl (C=O) groups is 2. The zero-order valence-electron chi connectivity index (χ0n) is 17.5. The second-order valence-electron chi connectivity index (χ2n) is 7.07. The predicted octanol–water partition coefficient (Wildman–Crippen LogP) is 3.37. The highest BCUT2D eigenvalue weighted by atomic mass is 32.1. The van der Waals surface area contributed by atoms with Gasteiger partial charge < -0.3 is 14.2 Å². The molecule has 2 aromatic heterocycles. The van der Waals surface area contributed by atoms with Crippen LogP contribution in [0.5, 0.6) is 5.75 Å². The molecule has 0 aliphatic carbocycles. The molecule has 0 bridgehead atoms. The fourth-order valence-corrected chi connectivity index (χ4v) is 4.35. The first-order valence-electron chi connectivity index (χ1n) is 10.1. The van der Waals surface area contributed by atoms with Crippen LogP contribution in [-0.4, -0.2) is 58.4 Å². The summed E-state index contributed by atoms with van der Waals surface area (Å²) in [5.74, 6) is -0.418. The minimum absolute atomic E-state index is 0.127. The topological polar surface area (TPSA) is 104 Å². The largest absolute Gasteiger partial charge is 0.497 e. The van der Waals surface area contributed by atoms with E-state index in [0.717, 1.165) is 0 Å². The first-order valence-corrected chi connectivity index (χ1v) is 10.9. The number of ether oxygens (including phenoxy) is 3. The summed E-state index contributed by atoms with van der Waals surface area (Å²) in [5.41, 5.74) is 3.94. The average molecular weight is 462 g/mol. The van der Waals surface area contributed by atoms with E-state index >= 15 is 0 Å². The minimum Gasteiger partial charge on any atom is -0.497 e. The number of benzene rings is 2. The molecule has 5 rings (SSSR count). The van der Waals surface area contributed by atoms with E-state index in [4.69, 9.17) is 14.2 Å². The van der Waals surface area contributed by atoms with E-state index in [9.17, 15) is 9.59 Å². The lowest BCUT2D eigenvalue weighted by atomic mass is 10.1. The van der Waals surface area contributed by atoms with Gasteiger partial charge in [-0.15, -0.1) is 11.3 Å². The van der Waals surface area contributed by atoms with Gasteiger partial charge in [-0.25, -0.2) is 14.8 Å². The van der Waals surface area contributed by atoms with Crippen LogP contribution >= 0.6 is 11.3 Å². The van der Waals surface area contributed by atoms with E-state index in [2.05, 4.69) is 15.0 Å². The number of hydrogen-bond acceptors (Lipinski definition) is 9. The summed E-state index contributed by atoms with van der Waals surface area (Å²) in [4.78, 5) is 40.5. The number of amides is 1. The van der Waals surface area contributed by atoms with Gasteiger partial charge in [0.1, 0.15) is 11.4 Å². The first-order chi connectivity index (χ1) is 16.2. The molecule has 33 heavy (non-hydrogen) atoms. The Morgan fingerprint density at radius 1 is 1.12 bits per heavy atom. The first kappa shape index (κ1) is 21.0. The van der Waals surface area contributed by atoms with Crippen molar-refractivity contribution < 1.29 is 23.8 Å². The number of thiazole rings is 1. The number of aromatic nitrogens is 3. The quantitative estimate of drug-likeness (QED) is 0.416. The lowest BCUT2D eigenvalue weighted by Gasteiger charge is -2.23. The molecule has 10 heteroatoms. The van der Waals surface area contributed by atoms with Gasteiger partial charge in [-0.05, 0) is 24.3 Å². The molecule has 4 aromatic rings. The van der Waals surface area contributed by atoms with E-state index < -0.39 is 18.3 Å². The maximum Gasteiger partial charge on any atom is 0.343 e. The summed E-state index contributed by atoms with van der Waals surface area (Å²) in [6.45, 7) is 0.471. The molecule has 1 aliphatic rings. The Balaban J connectivity index is 1.41. The molecule has 1 fully saturated rings. The third kappa shape index (κ3) is 4.01. The lowest BCUT2D eigenvalue weighted by Crippen LogP contribution is -2.39. The number of rotatable bonds is 5. The molecule has 3 heterocycles. The summed E-state index contributed by atoms with van der Waals surface area (Å²) < 4.78 is 17.1. The Kier molecular flexibility index (Phi) is 5.68. The number of nitrogens with zero attached hydrogens (tertiary/aromatic N) is 4. The molecule has 1 atom stereocenters. The summed E-state index contributed by atoms with van der Waals surface area (Å²) in [6.07, 6.45) is 1.78. The van der Waals surface area contributed by atoms with E-state index in [0.29, 0.717) is 32.8 Å². The predicted molar refractivity (Wildman–Crippen MR) is 120 cm³/mol. The van der Waals surface area contributed by atoms with Gasteiger partial charge in [0.15, 0.2) is 5.69 Å². The van der Waals surface area contributed by atoms with Crippen molar-refractivity contribution in [3.63, 3.8) is 0 Å². The number of methoxy groups -OCH3 is 1. The number of fused-ring (bicyclic) bond motifs is 1. The SMILES string of the molecule is COc1cccc(-c2nccnc2C(=O)N2CCOC2OC(=O)c2cccc3ncsc23)c1. The Bertz CT molecular complexity index is 1340. The molecular weight excluding hydrogens is 444 g/mol. The minimum atomic E-state index is -1.17. The fraction of sp³-hybridized carbons (Fsp3) is 0.174. The fourth-order valence-electron chi connectivity index (χ4n) is 3.56. The third-order valence-electron chi connectivity index (χ3n) is 5.14. The standard InChI is InChI=1S/C23H18N4O5S/c1-30-15-5-2-4-14(12-15)18-19(25-9-8-24-18)21(28)27-10-11-31-23(27)32-22(29)16-6-3-7-17-20(16)33-13-26-17/h2-9,12-13,23H,10-11H2,1H3. The van der Waals surface area contributed by atoms with Crippen LogP contribution in [0.15, 0.2) is 60.4 Å². The van der Waals surface area contributed by atoms with Crippen LogP contribution in [0, 0.1) is 0 Å². The van der Waals surface area contributed by atoms with E-state index in [-0.39, 0.29) is 18.8 Å². The van der Waals surface area contributed by atoms with Crippen LogP contribution in [0.1, 0.15) is 20.8 Å². The molecule has 2 aromatic carbocycles. The maximum atomic E-state index is 13.4. The Hall–Kier alpha value is -3.89. The molecular formula is C23H18N4O5S. The van der Waals surface area contributed by atoms with Crippen molar-refractivity contribution in [1.29, 1.82) is 0 Å². The molecule has 1 unspecified atom stereocenters. The van der Waals surface area contributed by atoms with Gasteiger partial charge >= 0.3 is 5.97 Å². The number of carbonyl (C=O) groups excluding carboxylic acids is 2. The maximum absolute atomic E-state index is 13.4. The van der Waals surface area contributed by atoms with Crippen molar-refractivity contribution in [1.82, 2.24) is 19.9 Å². The van der Waals surface area contributed by atoms with Gasteiger partial charge in [-0.2, -0.15) is 0 Å². The lowest BCUT2D eigenvalue weighted by molar-refractivity contribution is -0.127. The van der Waals surface area contributed by atoms with Gasteiger partial charge in [0.2, 0.25) is 0 Å². The zero-order chi connectivity index (χ0) is 22.8. The van der Waals surface area contributed by atoms with Crippen molar-refractivity contribution in [3.05, 3.63) is 71.6 Å². The zero-order valence-corrected chi connectivity index (χ0v) is 18.3. The Morgan fingerprint density at radius 2 is 1.97 bits per heavy atom. The van der Waals surface area contributed by atoms with E-state index in [1.807, 2.05) is 12.1 Å². The monoisotopic (exact) mass is 462 g/mol. The molecule has 1 amide bonds. The smallest absolute Gasteiger partial charge is 0.343 e. The second kappa shape index (κ2) is 8.93. The Morgan fingerprint density at radius 3 is 2.85 bits per heavy atom. The van der Waals surface area contributed by atoms with E-state index in [1.165, 1.54) is 28.6 Å². The molecule has 1 saturated heterocycles. The van der Waals surface area contributed by atoms with Gasteiger partial charge in [0.25, 0.3) is 12.3 Å². The van der Waals surface area contributed by atoms with Crippen LogP contribution in [0.25, 0.3) is 21.5 Å². The van der Waals surface area contributed by atoms with Crippen molar-refractivity contribution in [2.75, 3.05) is 20.3 Å². The van der Waals surface area contributed by atoms with Crippen molar-refractivity contribution in [2.45, 2.75) is 6.41 Å². The normalized spacial score (nSPS) is 15.5. The average Bonchev–Trinajstić information content (AvgIpc) is 3.53. The number of hydrogen-bond donors (Lipinski definition) is 0. The van der Waals surface area contributed by atoms with Crippen LogP contribution in [-0.2, 0) is 9.47 Å². The molecule has 1 aliphatic heterocycles. The van der Waals surface area contributed by atoms with Gasteiger partial charge in [-0.3, -0.25) is 14.7 Å². The van der Waals surface area contributed by atoms with Gasteiger partial charge in [-0.1, -0.05) is 18.2 Å². The highest BCUT2D eigenvalue weighted by Crippen LogP contribution is 2.27.